The molecular formula is C18H20N2O. The molecule has 1 aliphatic rings. The summed E-state index contributed by atoms with van der Waals surface area (Å²) < 4.78 is 0. The average molecular weight is 280 g/mol. The Kier molecular flexibility index (Phi) is 4.02. The molecule has 21 heavy (non-hydrogen) atoms. The van der Waals surface area contributed by atoms with Crippen LogP contribution in [0.3, 0.4) is 0 Å². The standard InChI is InChI=1S/C18H20N2O/c19-18(15-9-5-2-6-10-15)16-11-17(21)20(13-16)12-14-7-3-1-4-8-14/h1-10,16,18H,11-13,19H2. The van der Waals surface area contributed by atoms with Crippen molar-refractivity contribution in [2.75, 3.05) is 6.54 Å². The third-order valence-corrected chi connectivity index (χ3v) is 4.15. The Labute approximate surface area is 125 Å². The van der Waals surface area contributed by atoms with Crippen LogP contribution in [-0.4, -0.2) is 17.4 Å². The van der Waals surface area contributed by atoms with E-state index in [-0.39, 0.29) is 17.9 Å². The maximum atomic E-state index is 12.2. The van der Waals surface area contributed by atoms with Crippen molar-refractivity contribution in [1.29, 1.82) is 0 Å². The molecule has 0 aromatic heterocycles. The molecule has 108 valence electrons. The van der Waals surface area contributed by atoms with Crippen LogP contribution in [0.2, 0.25) is 0 Å². The Morgan fingerprint density at radius 2 is 1.67 bits per heavy atom. The topological polar surface area (TPSA) is 46.3 Å². The molecule has 2 unspecified atom stereocenters. The highest BCUT2D eigenvalue weighted by molar-refractivity contribution is 5.78. The van der Waals surface area contributed by atoms with E-state index in [4.69, 9.17) is 5.73 Å². The molecule has 0 bridgehead atoms. The zero-order chi connectivity index (χ0) is 14.7. The second-order valence-corrected chi connectivity index (χ2v) is 5.66. The van der Waals surface area contributed by atoms with E-state index in [9.17, 15) is 4.79 Å². The van der Waals surface area contributed by atoms with E-state index < -0.39 is 0 Å². The molecule has 1 amide bonds. The lowest BCUT2D eigenvalue weighted by molar-refractivity contribution is -0.128. The van der Waals surface area contributed by atoms with Gasteiger partial charge in [-0.15, -0.1) is 0 Å². The normalized spacial score (nSPS) is 19.8. The highest BCUT2D eigenvalue weighted by Gasteiger charge is 2.33. The van der Waals surface area contributed by atoms with E-state index >= 15 is 0 Å². The lowest BCUT2D eigenvalue weighted by Crippen LogP contribution is -2.27. The van der Waals surface area contributed by atoms with Crippen molar-refractivity contribution >= 4 is 5.91 Å². The van der Waals surface area contributed by atoms with Gasteiger partial charge in [0.05, 0.1) is 0 Å². The molecule has 0 radical (unpaired) electrons. The second-order valence-electron chi connectivity index (χ2n) is 5.66. The van der Waals surface area contributed by atoms with Crippen LogP contribution in [0.25, 0.3) is 0 Å². The molecule has 0 aliphatic carbocycles. The number of benzene rings is 2. The summed E-state index contributed by atoms with van der Waals surface area (Å²) in [5.41, 5.74) is 8.61. The van der Waals surface area contributed by atoms with Crippen LogP contribution in [0.15, 0.2) is 60.7 Å². The van der Waals surface area contributed by atoms with Gasteiger partial charge in [0.15, 0.2) is 0 Å². The van der Waals surface area contributed by atoms with Gasteiger partial charge in [-0.25, -0.2) is 0 Å². The van der Waals surface area contributed by atoms with Gasteiger partial charge in [0.25, 0.3) is 0 Å². The van der Waals surface area contributed by atoms with E-state index in [0.29, 0.717) is 13.0 Å². The minimum Gasteiger partial charge on any atom is -0.338 e. The van der Waals surface area contributed by atoms with Crippen LogP contribution >= 0.6 is 0 Å². The number of hydrogen-bond donors (Lipinski definition) is 1. The Morgan fingerprint density at radius 3 is 2.33 bits per heavy atom. The van der Waals surface area contributed by atoms with Crippen molar-refractivity contribution in [3.05, 3.63) is 71.8 Å². The van der Waals surface area contributed by atoms with E-state index in [0.717, 1.165) is 12.1 Å². The Bertz CT molecular complexity index is 597. The number of carbonyl (C=O) groups excluding carboxylic acids is 1. The van der Waals surface area contributed by atoms with Crippen LogP contribution in [0.4, 0.5) is 0 Å². The first-order chi connectivity index (χ1) is 10.2. The van der Waals surface area contributed by atoms with E-state index in [1.807, 2.05) is 53.4 Å². The number of nitrogens with two attached hydrogens (primary N) is 1. The molecule has 2 aromatic rings. The Balaban J connectivity index is 1.67. The molecular weight excluding hydrogens is 260 g/mol. The van der Waals surface area contributed by atoms with Gasteiger partial charge in [-0.1, -0.05) is 60.7 Å². The molecule has 2 atom stereocenters. The van der Waals surface area contributed by atoms with Crippen LogP contribution in [0.1, 0.15) is 23.6 Å². The molecule has 2 aromatic carbocycles. The monoisotopic (exact) mass is 280 g/mol. The summed E-state index contributed by atoms with van der Waals surface area (Å²) in [5, 5.41) is 0. The summed E-state index contributed by atoms with van der Waals surface area (Å²) in [7, 11) is 0. The average Bonchev–Trinajstić information content (AvgIpc) is 2.89. The summed E-state index contributed by atoms with van der Waals surface area (Å²) in [5.74, 6) is 0.402. The summed E-state index contributed by atoms with van der Waals surface area (Å²) in [6, 6.07) is 20.1. The van der Waals surface area contributed by atoms with Crippen molar-refractivity contribution in [1.82, 2.24) is 4.90 Å². The van der Waals surface area contributed by atoms with Gasteiger partial charge >= 0.3 is 0 Å². The molecule has 1 saturated heterocycles. The summed E-state index contributed by atoms with van der Waals surface area (Å²) in [4.78, 5) is 14.1. The number of carbonyl (C=O) groups is 1. The number of likely N-dealkylation sites (tertiary alicyclic amines) is 1. The van der Waals surface area contributed by atoms with Crippen LogP contribution < -0.4 is 5.73 Å². The molecule has 0 spiro atoms. The predicted molar refractivity (Wildman–Crippen MR) is 83.3 cm³/mol. The van der Waals surface area contributed by atoms with E-state index in [1.165, 1.54) is 5.56 Å². The largest absolute Gasteiger partial charge is 0.338 e. The fraction of sp³-hybridized carbons (Fsp3) is 0.278. The number of amides is 1. The minimum absolute atomic E-state index is 0.0732. The first-order valence-corrected chi connectivity index (χ1v) is 7.36. The van der Waals surface area contributed by atoms with Crippen molar-refractivity contribution in [2.24, 2.45) is 11.7 Å². The lowest BCUT2D eigenvalue weighted by Gasteiger charge is -2.20. The highest BCUT2D eigenvalue weighted by Crippen LogP contribution is 2.29. The molecule has 3 rings (SSSR count). The minimum atomic E-state index is -0.0732. The Morgan fingerprint density at radius 1 is 1.05 bits per heavy atom. The first kappa shape index (κ1) is 13.8. The van der Waals surface area contributed by atoms with Crippen molar-refractivity contribution in [3.8, 4) is 0 Å². The van der Waals surface area contributed by atoms with Gasteiger partial charge in [0.2, 0.25) is 5.91 Å². The van der Waals surface area contributed by atoms with Gasteiger partial charge in [0.1, 0.15) is 0 Å². The molecule has 3 heteroatoms. The summed E-state index contributed by atoms with van der Waals surface area (Å²) in [6.45, 7) is 1.42. The van der Waals surface area contributed by atoms with E-state index in [1.54, 1.807) is 0 Å². The molecule has 3 nitrogen and oxygen atoms in total. The van der Waals surface area contributed by atoms with Gasteiger partial charge in [-0.05, 0) is 11.1 Å². The highest BCUT2D eigenvalue weighted by atomic mass is 16.2. The fourth-order valence-corrected chi connectivity index (χ4v) is 2.95. The molecule has 2 N–H and O–H groups in total. The van der Waals surface area contributed by atoms with Crippen LogP contribution in [-0.2, 0) is 11.3 Å². The molecule has 1 aliphatic heterocycles. The van der Waals surface area contributed by atoms with Gasteiger partial charge in [-0.2, -0.15) is 0 Å². The summed E-state index contributed by atoms with van der Waals surface area (Å²) >= 11 is 0. The zero-order valence-electron chi connectivity index (χ0n) is 12.0. The quantitative estimate of drug-likeness (QED) is 0.936. The second kappa shape index (κ2) is 6.10. The smallest absolute Gasteiger partial charge is 0.223 e. The Hall–Kier alpha value is -2.13. The third-order valence-electron chi connectivity index (χ3n) is 4.15. The van der Waals surface area contributed by atoms with Crippen molar-refractivity contribution in [3.63, 3.8) is 0 Å². The maximum absolute atomic E-state index is 12.2. The van der Waals surface area contributed by atoms with Gasteiger partial charge in [0, 0.05) is 31.5 Å². The predicted octanol–water partition coefficient (Wildman–Crippen LogP) is 2.74. The fourth-order valence-electron chi connectivity index (χ4n) is 2.95. The van der Waals surface area contributed by atoms with Crippen LogP contribution in [0, 0.1) is 5.92 Å². The van der Waals surface area contributed by atoms with Crippen LogP contribution in [0.5, 0.6) is 0 Å². The number of hydrogen-bond acceptors (Lipinski definition) is 2. The first-order valence-electron chi connectivity index (χ1n) is 7.36. The van der Waals surface area contributed by atoms with Crippen molar-refractivity contribution < 1.29 is 4.79 Å². The van der Waals surface area contributed by atoms with Gasteiger partial charge in [-0.3, -0.25) is 4.79 Å². The number of nitrogens with zero attached hydrogens (tertiary/aromatic N) is 1. The lowest BCUT2D eigenvalue weighted by atomic mass is 9.93. The van der Waals surface area contributed by atoms with Crippen molar-refractivity contribution in [2.45, 2.75) is 19.0 Å². The molecule has 0 saturated carbocycles. The molecule has 1 fully saturated rings. The third kappa shape index (κ3) is 3.14. The van der Waals surface area contributed by atoms with Gasteiger partial charge < -0.3 is 10.6 Å². The SMILES string of the molecule is NC(c1ccccc1)C1CC(=O)N(Cc2ccccc2)C1. The molecule has 1 heterocycles. The maximum Gasteiger partial charge on any atom is 0.223 e. The van der Waals surface area contributed by atoms with E-state index in [2.05, 4.69) is 12.1 Å². The number of rotatable bonds is 4. The summed E-state index contributed by atoms with van der Waals surface area (Å²) in [6.07, 6.45) is 0.545. The zero-order valence-corrected chi connectivity index (χ0v) is 12.0.